The van der Waals surface area contributed by atoms with Crippen LogP contribution in [0.2, 0.25) is 0 Å². The van der Waals surface area contributed by atoms with Crippen LogP contribution in [0.1, 0.15) is 206 Å². The second kappa shape index (κ2) is 48.6. The summed E-state index contributed by atoms with van der Waals surface area (Å²) in [6, 6.07) is 0. The molecule has 0 rings (SSSR count). The van der Waals surface area contributed by atoms with Gasteiger partial charge in [-0.05, 0) is 89.9 Å². The number of unbranched alkanes of at least 4 members (excludes halogenated alkanes) is 19. The Morgan fingerprint density at radius 3 is 1.38 bits per heavy atom. The maximum absolute atomic E-state index is 12.1. The lowest BCUT2D eigenvalue weighted by Crippen LogP contribution is -2.27. The van der Waals surface area contributed by atoms with Crippen molar-refractivity contribution < 1.29 is 37.9 Å². The number of aliphatic hydroxyl groups excluding tert-OH is 1. The normalized spacial score (nSPS) is 13.9. The Labute approximate surface area is 385 Å². The zero-order valence-electron chi connectivity index (χ0n) is 40.0. The highest BCUT2D eigenvalue weighted by Crippen LogP contribution is 2.42. The molecule has 0 aromatic heterocycles. The predicted octanol–water partition coefficient (Wildman–Crippen LogP) is 14.8. The molecule has 0 radical (unpaired) electrons. The quantitative estimate of drug-likeness (QED) is 0.0238. The number of carbonyl (C=O) groups excluding carboxylic acids is 2. The van der Waals surface area contributed by atoms with Crippen molar-refractivity contribution in [2.75, 3.05) is 26.4 Å². The molecule has 0 aliphatic rings. The molecule has 10 heteroatoms. The van der Waals surface area contributed by atoms with Crippen LogP contribution in [0.5, 0.6) is 0 Å². The number of ether oxygens (including phenoxy) is 1. The molecule has 1 amide bonds. The fourth-order valence-corrected chi connectivity index (χ4v) is 7.31. The Bertz CT molecular complexity index is 1300. The first kappa shape index (κ1) is 60.2. The number of phosphoric ester groups is 1. The number of amides is 1. The number of phosphoric acid groups is 1. The first-order valence-corrected chi connectivity index (χ1v) is 26.6. The minimum atomic E-state index is -4.44. The van der Waals surface area contributed by atoms with Gasteiger partial charge in [0.1, 0.15) is 12.7 Å². The number of rotatable bonds is 46. The van der Waals surface area contributed by atoms with E-state index in [2.05, 4.69) is 104 Å². The minimum Gasteiger partial charge on any atom is -0.463 e. The van der Waals surface area contributed by atoms with Gasteiger partial charge in [-0.2, -0.15) is 0 Å². The Balaban J connectivity index is 3.62. The van der Waals surface area contributed by atoms with Crippen molar-refractivity contribution in [1.29, 1.82) is 0 Å². The van der Waals surface area contributed by atoms with Crippen molar-refractivity contribution >= 4 is 19.7 Å². The number of allylic oxidation sites excluding steroid dienone is 14. The van der Waals surface area contributed by atoms with Gasteiger partial charge in [-0.1, -0.05) is 189 Å². The first-order chi connectivity index (χ1) is 30.8. The summed E-state index contributed by atoms with van der Waals surface area (Å²) in [6.07, 6.45) is 62.3. The molecule has 362 valence electrons. The predicted molar refractivity (Wildman–Crippen MR) is 266 cm³/mol. The molecule has 3 N–H and O–H groups in total. The van der Waals surface area contributed by atoms with E-state index < -0.39 is 26.5 Å². The highest BCUT2D eigenvalue weighted by Gasteiger charge is 2.23. The van der Waals surface area contributed by atoms with Crippen LogP contribution < -0.4 is 5.32 Å². The number of aliphatic hydroxyl groups is 1. The summed E-state index contributed by atoms with van der Waals surface area (Å²) in [5, 5.41) is 12.7. The van der Waals surface area contributed by atoms with Gasteiger partial charge in [0.15, 0.2) is 0 Å². The number of carbonyl (C=O) groups is 2. The summed E-state index contributed by atoms with van der Waals surface area (Å²) in [7, 11) is -4.44. The maximum Gasteiger partial charge on any atom is 0.472 e. The number of hydrogen-bond donors (Lipinski definition) is 3. The van der Waals surface area contributed by atoms with Gasteiger partial charge in [0.2, 0.25) is 5.91 Å². The van der Waals surface area contributed by atoms with E-state index >= 15 is 0 Å². The van der Waals surface area contributed by atoms with Gasteiger partial charge in [0, 0.05) is 19.4 Å². The second-order valence-electron chi connectivity index (χ2n) is 16.4. The summed E-state index contributed by atoms with van der Waals surface area (Å²) in [5.41, 5.74) is 0. The van der Waals surface area contributed by atoms with E-state index in [1.54, 1.807) is 0 Å². The SMILES string of the molecule is CC/C=C\C/C=C\C/C=C\C/C=C\C/C=C\CCCCCC(=O)NCCOP(=O)(O)OCC(O)COC(=O)CCCCCCCCCCCCCCC/C=C\C/C=C\CCCCC. The standard InChI is InChI=1S/C53H92NO8P/c1-3-5-7-9-11-13-15-17-19-21-23-24-25-26-28-30-32-34-36-38-40-42-44-46-53(57)60-49-51(55)50-62-63(58,59)61-48-47-54-52(56)45-43-41-39-37-35-33-31-29-27-22-20-18-16-14-12-10-8-6-4-2/h6,8,11-14,17-20,27,29,33,35,51,55H,3-5,7,9-10,15-16,21-26,28,30-32,34,36-50H2,1-2H3,(H,54,56)(H,58,59)/b8-6-,13-11-,14-12-,19-17-,20-18-,29-27-,35-33-. The third-order valence-electron chi connectivity index (χ3n) is 10.3. The molecule has 0 aromatic carbocycles. The molecule has 0 saturated carbocycles. The Hall–Kier alpha value is -2.81. The van der Waals surface area contributed by atoms with Crippen LogP contribution in [0, 0.1) is 0 Å². The van der Waals surface area contributed by atoms with Crippen molar-refractivity contribution in [2.45, 2.75) is 213 Å². The molecule has 0 aliphatic heterocycles. The minimum absolute atomic E-state index is 0.0595. The average molecular weight is 902 g/mol. The summed E-state index contributed by atoms with van der Waals surface area (Å²) in [6.45, 7) is 3.38. The number of hydrogen-bond acceptors (Lipinski definition) is 7. The molecule has 0 aliphatic carbocycles. The molecular formula is C53H92NO8P. The molecule has 2 atom stereocenters. The molecule has 0 spiro atoms. The van der Waals surface area contributed by atoms with Gasteiger partial charge in [-0.15, -0.1) is 0 Å². The average Bonchev–Trinajstić information content (AvgIpc) is 3.27. The molecule has 2 unspecified atom stereocenters. The highest BCUT2D eigenvalue weighted by molar-refractivity contribution is 7.47. The van der Waals surface area contributed by atoms with Gasteiger partial charge in [0.05, 0.1) is 13.2 Å². The van der Waals surface area contributed by atoms with Gasteiger partial charge < -0.3 is 20.1 Å². The van der Waals surface area contributed by atoms with E-state index in [4.69, 9.17) is 13.8 Å². The number of esters is 1. The van der Waals surface area contributed by atoms with Crippen molar-refractivity contribution in [1.82, 2.24) is 5.32 Å². The van der Waals surface area contributed by atoms with E-state index in [1.165, 1.54) is 96.3 Å². The molecule has 63 heavy (non-hydrogen) atoms. The van der Waals surface area contributed by atoms with E-state index in [0.29, 0.717) is 6.42 Å². The van der Waals surface area contributed by atoms with Crippen LogP contribution >= 0.6 is 7.82 Å². The van der Waals surface area contributed by atoms with Crippen LogP contribution in [0.25, 0.3) is 0 Å². The van der Waals surface area contributed by atoms with Crippen LogP contribution in [-0.2, 0) is 27.9 Å². The van der Waals surface area contributed by atoms with Gasteiger partial charge in [-0.3, -0.25) is 18.6 Å². The Kier molecular flexibility index (Phi) is 46.5. The fraction of sp³-hybridized carbons (Fsp3) is 0.698. The lowest BCUT2D eigenvalue weighted by Gasteiger charge is -2.15. The smallest absolute Gasteiger partial charge is 0.463 e. The zero-order chi connectivity index (χ0) is 46.0. The van der Waals surface area contributed by atoms with Crippen LogP contribution in [0.3, 0.4) is 0 Å². The summed E-state index contributed by atoms with van der Waals surface area (Å²) >= 11 is 0. The third-order valence-corrected chi connectivity index (χ3v) is 11.3. The summed E-state index contributed by atoms with van der Waals surface area (Å²) in [5.74, 6) is -0.552. The van der Waals surface area contributed by atoms with Gasteiger partial charge in [0.25, 0.3) is 0 Å². The second-order valence-corrected chi connectivity index (χ2v) is 17.9. The largest absolute Gasteiger partial charge is 0.472 e. The van der Waals surface area contributed by atoms with Crippen LogP contribution in [-0.4, -0.2) is 54.3 Å². The van der Waals surface area contributed by atoms with E-state index in [1.807, 2.05) is 0 Å². The molecule has 0 saturated heterocycles. The molecule has 0 fully saturated rings. The van der Waals surface area contributed by atoms with E-state index in [0.717, 1.165) is 83.5 Å². The molecule has 9 nitrogen and oxygen atoms in total. The molecule has 0 bridgehead atoms. The lowest BCUT2D eigenvalue weighted by molar-refractivity contribution is -0.147. The number of nitrogens with one attached hydrogen (secondary N) is 1. The Morgan fingerprint density at radius 1 is 0.508 bits per heavy atom. The zero-order valence-corrected chi connectivity index (χ0v) is 40.9. The van der Waals surface area contributed by atoms with Gasteiger partial charge in [-0.25, -0.2) is 4.57 Å². The van der Waals surface area contributed by atoms with Crippen molar-refractivity contribution in [3.8, 4) is 0 Å². The van der Waals surface area contributed by atoms with Crippen molar-refractivity contribution in [3.05, 3.63) is 85.1 Å². The van der Waals surface area contributed by atoms with E-state index in [-0.39, 0.29) is 32.1 Å². The molecule has 0 aromatic rings. The third kappa shape index (κ3) is 50.1. The topological polar surface area (TPSA) is 131 Å². The summed E-state index contributed by atoms with van der Waals surface area (Å²) in [4.78, 5) is 34.0. The van der Waals surface area contributed by atoms with Gasteiger partial charge >= 0.3 is 13.8 Å². The maximum atomic E-state index is 12.1. The molecular weight excluding hydrogens is 810 g/mol. The first-order valence-electron chi connectivity index (χ1n) is 25.1. The fourth-order valence-electron chi connectivity index (χ4n) is 6.55. The molecule has 0 heterocycles. The Morgan fingerprint density at radius 2 is 0.905 bits per heavy atom. The highest BCUT2D eigenvalue weighted by atomic mass is 31.2. The monoisotopic (exact) mass is 902 g/mol. The van der Waals surface area contributed by atoms with Crippen LogP contribution in [0.4, 0.5) is 0 Å². The lowest BCUT2D eigenvalue weighted by atomic mass is 10.0. The summed E-state index contributed by atoms with van der Waals surface area (Å²) < 4.78 is 27.0. The van der Waals surface area contributed by atoms with Crippen molar-refractivity contribution in [3.63, 3.8) is 0 Å². The van der Waals surface area contributed by atoms with E-state index in [9.17, 15) is 24.2 Å². The van der Waals surface area contributed by atoms with Crippen molar-refractivity contribution in [2.24, 2.45) is 0 Å². The van der Waals surface area contributed by atoms with Crippen LogP contribution in [0.15, 0.2) is 85.1 Å².